The minimum atomic E-state index is -0.533. The van der Waals surface area contributed by atoms with Crippen molar-refractivity contribution in [2.24, 2.45) is 10.2 Å². The molecule has 1 aliphatic heterocycles. The lowest BCUT2D eigenvalue weighted by molar-refractivity contribution is 0.122. The number of halogens is 4. The molecule has 0 atom stereocenters. The van der Waals surface area contributed by atoms with Crippen LogP contribution >= 0.6 is 39.1 Å². The van der Waals surface area contributed by atoms with Gasteiger partial charge in [-0.1, -0.05) is 51.3 Å². The highest BCUT2D eigenvalue weighted by molar-refractivity contribution is 9.10. The normalized spacial score (nSPS) is 14.3. The lowest BCUT2D eigenvalue weighted by atomic mass is 9.98. The predicted octanol–water partition coefficient (Wildman–Crippen LogP) is 6.49. The van der Waals surface area contributed by atoms with Gasteiger partial charge in [0.15, 0.2) is 11.6 Å². The number of aromatic hydroxyl groups is 1. The van der Waals surface area contributed by atoms with Crippen LogP contribution in [-0.2, 0) is 11.3 Å². The van der Waals surface area contributed by atoms with Crippen molar-refractivity contribution in [3.05, 3.63) is 61.9 Å². The summed E-state index contributed by atoms with van der Waals surface area (Å²) < 4.78 is 20.1. The Balaban J connectivity index is 1.58. The van der Waals surface area contributed by atoms with E-state index in [4.69, 9.17) is 27.9 Å². The van der Waals surface area contributed by atoms with Gasteiger partial charge in [0, 0.05) is 39.3 Å². The molecule has 11 heteroatoms. The van der Waals surface area contributed by atoms with Crippen molar-refractivity contribution in [2.45, 2.75) is 13.5 Å². The first-order valence-electron chi connectivity index (χ1n) is 10.0. The number of nitrogens with zero attached hydrogens (tertiary/aromatic N) is 5. The highest BCUT2D eigenvalue weighted by atomic mass is 79.9. The first-order valence-corrected chi connectivity index (χ1v) is 11.6. The zero-order valence-electron chi connectivity index (χ0n) is 17.5. The van der Waals surface area contributed by atoms with Gasteiger partial charge in [0.25, 0.3) is 5.95 Å². The highest BCUT2D eigenvalue weighted by Gasteiger charge is 2.20. The zero-order chi connectivity index (χ0) is 23.5. The van der Waals surface area contributed by atoms with Crippen LogP contribution in [0.3, 0.4) is 0 Å². The molecule has 1 aromatic heterocycles. The van der Waals surface area contributed by atoms with E-state index in [1.807, 2.05) is 19.1 Å². The number of aromatic nitrogens is 2. The topological polar surface area (TPSA) is 83.2 Å². The first kappa shape index (κ1) is 23.8. The summed E-state index contributed by atoms with van der Waals surface area (Å²) in [5.41, 5.74) is 2.69. The number of anilines is 1. The number of rotatable bonds is 5. The Labute approximate surface area is 208 Å². The number of hydrogen-bond acceptors (Lipinski definition) is 7. The molecular weight excluding hydrogens is 536 g/mol. The Kier molecular flexibility index (Phi) is 7.43. The average molecular weight is 555 g/mol. The van der Waals surface area contributed by atoms with E-state index >= 15 is 0 Å². The third-order valence-corrected chi connectivity index (χ3v) is 6.48. The minimum absolute atomic E-state index is 0.0135. The van der Waals surface area contributed by atoms with E-state index < -0.39 is 5.82 Å². The first-order chi connectivity index (χ1) is 15.9. The van der Waals surface area contributed by atoms with Crippen LogP contribution in [0.2, 0.25) is 10.0 Å². The molecule has 1 fully saturated rings. The summed E-state index contributed by atoms with van der Waals surface area (Å²) in [5, 5.41) is 19.4. The van der Waals surface area contributed by atoms with Crippen molar-refractivity contribution in [1.29, 1.82) is 0 Å². The molecule has 0 bridgehead atoms. The number of aryl methyl sites for hydroxylation is 1. The molecule has 3 aromatic rings. The maximum Gasteiger partial charge on any atom is 0.270 e. The average Bonchev–Trinajstić information content (AvgIpc) is 2.80. The summed E-state index contributed by atoms with van der Waals surface area (Å²) in [6.07, 6.45) is 1.07. The number of hydrogen-bond donors (Lipinski definition) is 1. The lowest BCUT2D eigenvalue weighted by Crippen LogP contribution is -2.37. The van der Waals surface area contributed by atoms with E-state index in [1.54, 1.807) is 17.0 Å². The largest absolute Gasteiger partial charge is 0.506 e. The van der Waals surface area contributed by atoms with E-state index in [9.17, 15) is 9.50 Å². The van der Waals surface area contributed by atoms with Crippen LogP contribution in [0.4, 0.5) is 16.2 Å². The fourth-order valence-corrected chi connectivity index (χ4v) is 4.95. The summed E-state index contributed by atoms with van der Waals surface area (Å²) in [6.45, 7) is 3.98. The van der Waals surface area contributed by atoms with Crippen LogP contribution in [0, 0.1) is 12.7 Å². The fraction of sp³-hybridized carbons (Fsp3) is 0.273. The monoisotopic (exact) mass is 553 g/mol. The number of benzene rings is 2. The van der Waals surface area contributed by atoms with Crippen molar-refractivity contribution < 1.29 is 14.2 Å². The standard InChI is InChI=1S/C22H19BrCl2FN5O2/c1-12-3-2-4-15(24)17(12)18-14(23)9-13(20(32)19(18)25)10-28-30-22-27-11-16(26)21(29-22)31-5-7-33-8-6-31/h2-4,9,11,32H,5-8,10H2,1H3. The summed E-state index contributed by atoms with van der Waals surface area (Å²) in [6, 6.07) is 7.24. The van der Waals surface area contributed by atoms with Crippen LogP contribution in [0.25, 0.3) is 11.1 Å². The molecule has 2 heterocycles. The molecule has 4 rings (SSSR count). The minimum Gasteiger partial charge on any atom is -0.506 e. The molecule has 7 nitrogen and oxygen atoms in total. The summed E-state index contributed by atoms with van der Waals surface area (Å²) >= 11 is 16.4. The van der Waals surface area contributed by atoms with Crippen LogP contribution in [0.15, 0.2) is 45.2 Å². The van der Waals surface area contributed by atoms with Gasteiger partial charge in [0.2, 0.25) is 0 Å². The van der Waals surface area contributed by atoms with E-state index in [0.717, 1.165) is 17.3 Å². The lowest BCUT2D eigenvalue weighted by Gasteiger charge is -2.27. The number of ether oxygens (including phenoxy) is 1. The van der Waals surface area contributed by atoms with Gasteiger partial charge in [-0.15, -0.1) is 5.11 Å². The number of morpholine rings is 1. The SMILES string of the molecule is Cc1cccc(Cl)c1-c1c(Br)cc(CN=Nc2ncc(F)c(N3CCOCC3)n2)c(O)c1Cl. The second-order valence-electron chi connectivity index (χ2n) is 7.33. The Morgan fingerprint density at radius 1 is 1.24 bits per heavy atom. The van der Waals surface area contributed by atoms with Gasteiger partial charge in [-0.2, -0.15) is 10.1 Å². The third-order valence-electron chi connectivity index (χ3n) is 5.17. The van der Waals surface area contributed by atoms with Gasteiger partial charge < -0.3 is 14.7 Å². The molecular formula is C22H19BrCl2FN5O2. The molecule has 0 amide bonds. The van der Waals surface area contributed by atoms with Crippen LogP contribution in [0.5, 0.6) is 5.75 Å². The van der Waals surface area contributed by atoms with Crippen molar-refractivity contribution in [3.63, 3.8) is 0 Å². The number of phenolic OH excluding ortho intramolecular Hbond substituents is 1. The highest BCUT2D eigenvalue weighted by Crippen LogP contribution is 2.46. The molecule has 0 spiro atoms. The maximum atomic E-state index is 14.2. The van der Waals surface area contributed by atoms with Crippen molar-refractivity contribution in [3.8, 4) is 16.9 Å². The van der Waals surface area contributed by atoms with Gasteiger partial charge >= 0.3 is 0 Å². The smallest absolute Gasteiger partial charge is 0.270 e. The van der Waals surface area contributed by atoms with Gasteiger partial charge in [-0.05, 0) is 24.6 Å². The Hall–Kier alpha value is -2.33. The van der Waals surface area contributed by atoms with E-state index in [-0.39, 0.29) is 29.1 Å². The van der Waals surface area contributed by atoms with E-state index in [2.05, 4.69) is 36.1 Å². The maximum absolute atomic E-state index is 14.2. The van der Waals surface area contributed by atoms with Gasteiger partial charge in [0.05, 0.1) is 31.0 Å². The van der Waals surface area contributed by atoms with Gasteiger partial charge in [-0.3, -0.25) is 0 Å². The number of azo groups is 1. The van der Waals surface area contributed by atoms with Crippen molar-refractivity contribution in [1.82, 2.24) is 9.97 Å². The van der Waals surface area contributed by atoms with E-state index in [0.29, 0.717) is 46.9 Å². The molecule has 1 aliphatic rings. The third kappa shape index (κ3) is 5.11. The van der Waals surface area contributed by atoms with Crippen molar-refractivity contribution >= 4 is 50.9 Å². The molecule has 33 heavy (non-hydrogen) atoms. The molecule has 0 unspecified atom stereocenters. The zero-order valence-corrected chi connectivity index (χ0v) is 20.6. The molecule has 2 aromatic carbocycles. The quantitative estimate of drug-likeness (QED) is 0.364. The molecule has 1 saturated heterocycles. The van der Waals surface area contributed by atoms with Crippen LogP contribution in [0.1, 0.15) is 11.1 Å². The van der Waals surface area contributed by atoms with Crippen molar-refractivity contribution in [2.75, 3.05) is 31.2 Å². The number of phenols is 1. The van der Waals surface area contributed by atoms with E-state index in [1.165, 1.54) is 0 Å². The van der Waals surface area contributed by atoms with Gasteiger partial charge in [-0.25, -0.2) is 9.37 Å². The summed E-state index contributed by atoms with van der Waals surface area (Å²) in [4.78, 5) is 9.82. The summed E-state index contributed by atoms with van der Waals surface area (Å²) in [7, 11) is 0. The van der Waals surface area contributed by atoms with Crippen LogP contribution in [-0.4, -0.2) is 41.4 Å². The molecule has 172 valence electrons. The Bertz CT molecular complexity index is 1200. The second-order valence-corrected chi connectivity index (χ2v) is 8.97. The second kappa shape index (κ2) is 10.3. The Morgan fingerprint density at radius 3 is 2.73 bits per heavy atom. The molecule has 1 N–H and O–H groups in total. The Morgan fingerprint density at radius 2 is 2.00 bits per heavy atom. The fourth-order valence-electron chi connectivity index (χ4n) is 3.52. The molecule has 0 aliphatic carbocycles. The van der Waals surface area contributed by atoms with Gasteiger partial charge in [0.1, 0.15) is 5.75 Å². The molecule has 0 radical (unpaired) electrons. The summed E-state index contributed by atoms with van der Waals surface area (Å²) in [5.74, 6) is -0.474. The molecule has 0 saturated carbocycles. The predicted molar refractivity (Wildman–Crippen MR) is 129 cm³/mol. The van der Waals surface area contributed by atoms with Crippen LogP contribution < -0.4 is 4.90 Å².